The Bertz CT molecular complexity index is 1080. The smallest absolute Gasteiger partial charge is 0.263 e. The molecule has 0 saturated heterocycles. The summed E-state index contributed by atoms with van der Waals surface area (Å²) in [5, 5.41) is 21.1. The van der Waals surface area contributed by atoms with Gasteiger partial charge in [0.15, 0.2) is 12.4 Å². The van der Waals surface area contributed by atoms with Crippen molar-refractivity contribution in [2.24, 2.45) is 0 Å². The van der Waals surface area contributed by atoms with Crippen molar-refractivity contribution < 1.29 is 19.4 Å². The highest BCUT2D eigenvalue weighted by molar-refractivity contribution is 6.36. The highest BCUT2D eigenvalue weighted by Crippen LogP contribution is 2.34. The molecule has 0 radical (unpaired) electrons. The summed E-state index contributed by atoms with van der Waals surface area (Å²) in [6.07, 6.45) is 0.495. The van der Waals surface area contributed by atoms with Gasteiger partial charge in [0.25, 0.3) is 5.91 Å². The number of aromatic nitrogens is 2. The fourth-order valence-corrected chi connectivity index (χ4v) is 3.64. The summed E-state index contributed by atoms with van der Waals surface area (Å²) in [6.45, 7) is 3.78. The molecule has 0 spiro atoms. The monoisotopic (exact) mass is 475 g/mol. The van der Waals surface area contributed by atoms with Gasteiger partial charge in [0, 0.05) is 22.5 Å². The number of amides is 1. The van der Waals surface area contributed by atoms with Crippen LogP contribution in [0.1, 0.15) is 36.5 Å². The first-order valence-electron chi connectivity index (χ1n) is 9.87. The number of aromatic hydroxyl groups is 1. The van der Waals surface area contributed by atoms with E-state index in [0.29, 0.717) is 28.1 Å². The van der Waals surface area contributed by atoms with E-state index in [1.54, 1.807) is 30.3 Å². The summed E-state index contributed by atoms with van der Waals surface area (Å²) in [5.74, 6) is 1.03. The van der Waals surface area contributed by atoms with Gasteiger partial charge in [-0.25, -0.2) is 0 Å². The van der Waals surface area contributed by atoms with Crippen LogP contribution in [-0.4, -0.2) is 34.9 Å². The van der Waals surface area contributed by atoms with E-state index in [1.165, 1.54) is 7.11 Å². The molecule has 0 aliphatic heterocycles. The molecule has 2 N–H and O–H groups in total. The van der Waals surface area contributed by atoms with Crippen molar-refractivity contribution >= 4 is 34.9 Å². The molecule has 168 valence electrons. The van der Waals surface area contributed by atoms with E-state index in [-0.39, 0.29) is 24.1 Å². The molecular formula is C23H23Cl2N3O4. The Morgan fingerprint density at radius 3 is 2.41 bits per heavy atom. The van der Waals surface area contributed by atoms with Crippen molar-refractivity contribution in [3.63, 3.8) is 0 Å². The van der Waals surface area contributed by atoms with Crippen molar-refractivity contribution in [3.8, 4) is 17.4 Å². The minimum absolute atomic E-state index is 0.187. The number of halogens is 2. The van der Waals surface area contributed by atoms with Gasteiger partial charge in [0.05, 0.1) is 7.11 Å². The lowest BCUT2D eigenvalue weighted by atomic mass is 9.96. The fraction of sp³-hybridized carbons (Fsp3) is 0.261. The number of hydrogen-bond donors (Lipinski definition) is 2. The predicted molar refractivity (Wildman–Crippen MR) is 124 cm³/mol. The molecule has 0 aliphatic rings. The molecule has 3 rings (SSSR count). The van der Waals surface area contributed by atoms with E-state index in [0.717, 1.165) is 16.7 Å². The predicted octanol–water partition coefficient (Wildman–Crippen LogP) is 5.23. The molecule has 3 aromatic rings. The van der Waals surface area contributed by atoms with Gasteiger partial charge in [0.1, 0.15) is 11.5 Å². The summed E-state index contributed by atoms with van der Waals surface area (Å²) < 4.78 is 10.5. The number of nitrogens with one attached hydrogen (secondary N) is 1. The largest absolute Gasteiger partial charge is 0.508 e. The first-order valence-corrected chi connectivity index (χ1v) is 10.6. The maximum absolute atomic E-state index is 12.1. The molecule has 0 atom stereocenters. The SMILES string of the molecule is COc1ccc(NC(=O)COc2cc(Cl)c(Cc3ccc(O)c(C(C)C)c3)c(Cl)c2)nn1. The van der Waals surface area contributed by atoms with Crippen molar-refractivity contribution in [3.05, 3.63) is 69.2 Å². The Morgan fingerprint density at radius 2 is 1.81 bits per heavy atom. The molecular weight excluding hydrogens is 453 g/mol. The third-order valence-corrected chi connectivity index (χ3v) is 5.37. The Hall–Kier alpha value is -3.03. The van der Waals surface area contributed by atoms with Gasteiger partial charge in [0.2, 0.25) is 5.88 Å². The number of ether oxygens (including phenoxy) is 2. The Balaban J connectivity index is 1.65. The summed E-state index contributed by atoms with van der Waals surface area (Å²) in [4.78, 5) is 12.1. The zero-order valence-corrected chi connectivity index (χ0v) is 19.4. The van der Waals surface area contributed by atoms with Gasteiger partial charge < -0.3 is 19.9 Å². The van der Waals surface area contributed by atoms with Crippen molar-refractivity contribution in [1.29, 1.82) is 0 Å². The number of benzene rings is 2. The number of anilines is 1. The second kappa shape index (κ2) is 10.5. The lowest BCUT2D eigenvalue weighted by Gasteiger charge is -2.14. The van der Waals surface area contributed by atoms with E-state index < -0.39 is 5.91 Å². The van der Waals surface area contributed by atoms with Crippen LogP contribution in [0.3, 0.4) is 0 Å². The highest BCUT2D eigenvalue weighted by Gasteiger charge is 2.14. The van der Waals surface area contributed by atoms with Crippen LogP contribution in [-0.2, 0) is 11.2 Å². The van der Waals surface area contributed by atoms with Gasteiger partial charge >= 0.3 is 0 Å². The second-order valence-electron chi connectivity index (χ2n) is 7.39. The van der Waals surface area contributed by atoms with Gasteiger partial charge in [-0.2, -0.15) is 0 Å². The van der Waals surface area contributed by atoms with Gasteiger partial charge in [-0.3, -0.25) is 4.79 Å². The fourth-order valence-electron chi connectivity index (χ4n) is 3.04. The van der Waals surface area contributed by atoms with E-state index in [1.807, 2.05) is 26.0 Å². The molecule has 9 heteroatoms. The number of rotatable bonds is 8. The van der Waals surface area contributed by atoms with E-state index in [9.17, 15) is 9.90 Å². The second-order valence-corrected chi connectivity index (χ2v) is 8.20. The minimum atomic E-state index is -0.411. The zero-order valence-electron chi connectivity index (χ0n) is 17.9. The zero-order chi connectivity index (χ0) is 23.3. The molecule has 0 saturated carbocycles. The normalized spacial score (nSPS) is 10.8. The number of phenols is 1. The van der Waals surface area contributed by atoms with E-state index in [4.69, 9.17) is 32.7 Å². The van der Waals surface area contributed by atoms with Gasteiger partial charge in [-0.1, -0.05) is 49.2 Å². The third-order valence-electron chi connectivity index (χ3n) is 4.70. The molecule has 0 fully saturated rings. The van der Waals surface area contributed by atoms with Crippen molar-refractivity contribution in [2.45, 2.75) is 26.2 Å². The van der Waals surface area contributed by atoms with Crippen LogP contribution in [0.4, 0.5) is 5.82 Å². The third kappa shape index (κ3) is 6.02. The van der Waals surface area contributed by atoms with Crippen molar-refractivity contribution in [1.82, 2.24) is 10.2 Å². The average molecular weight is 476 g/mol. The lowest BCUT2D eigenvalue weighted by Crippen LogP contribution is -2.21. The summed E-state index contributed by atoms with van der Waals surface area (Å²) >= 11 is 12.9. The van der Waals surface area contributed by atoms with E-state index in [2.05, 4.69) is 15.5 Å². The van der Waals surface area contributed by atoms with Crippen molar-refractivity contribution in [2.75, 3.05) is 19.0 Å². The molecule has 0 aliphatic carbocycles. The lowest BCUT2D eigenvalue weighted by molar-refractivity contribution is -0.118. The minimum Gasteiger partial charge on any atom is -0.508 e. The van der Waals surface area contributed by atoms with Crippen LogP contribution in [0.5, 0.6) is 17.4 Å². The Morgan fingerprint density at radius 1 is 1.09 bits per heavy atom. The summed E-state index contributed by atoms with van der Waals surface area (Å²) in [7, 11) is 1.48. The molecule has 1 amide bonds. The quantitative estimate of drug-likeness (QED) is 0.463. The molecule has 0 bridgehead atoms. The molecule has 32 heavy (non-hydrogen) atoms. The maximum atomic E-state index is 12.1. The van der Waals surface area contributed by atoms with Crippen LogP contribution in [0.2, 0.25) is 10.0 Å². The van der Waals surface area contributed by atoms with Crippen LogP contribution >= 0.6 is 23.2 Å². The number of phenolic OH excluding ortho intramolecular Hbond substituents is 1. The first kappa shape index (κ1) is 23.6. The van der Waals surface area contributed by atoms with Crippen LogP contribution in [0, 0.1) is 0 Å². The number of nitrogens with zero attached hydrogens (tertiary/aromatic N) is 2. The van der Waals surface area contributed by atoms with Crippen LogP contribution in [0.25, 0.3) is 0 Å². The summed E-state index contributed by atoms with van der Waals surface area (Å²) in [5.41, 5.74) is 2.57. The number of carbonyl (C=O) groups excluding carboxylic acids is 1. The molecule has 1 aromatic heterocycles. The highest BCUT2D eigenvalue weighted by atomic mass is 35.5. The average Bonchev–Trinajstić information content (AvgIpc) is 2.76. The Kier molecular flexibility index (Phi) is 7.77. The number of methoxy groups -OCH3 is 1. The standard InChI is InChI=1S/C23H23Cl2N3O4/c1-13(2)16-8-14(4-5-20(16)29)9-17-18(24)10-15(11-19(17)25)32-12-22(30)26-21-6-7-23(31-3)28-27-21/h4-8,10-11,13,29H,9,12H2,1-3H3,(H,26,27,30). The Labute approximate surface area is 196 Å². The van der Waals surface area contributed by atoms with E-state index >= 15 is 0 Å². The summed E-state index contributed by atoms with van der Waals surface area (Å²) in [6, 6.07) is 11.9. The van der Waals surface area contributed by atoms with Gasteiger partial charge in [-0.05, 0) is 46.9 Å². The topological polar surface area (TPSA) is 93.6 Å². The number of carbonyl (C=O) groups is 1. The van der Waals surface area contributed by atoms with Crippen LogP contribution in [0.15, 0.2) is 42.5 Å². The number of hydrogen-bond acceptors (Lipinski definition) is 6. The molecule has 0 unspecified atom stereocenters. The van der Waals surface area contributed by atoms with Crippen LogP contribution < -0.4 is 14.8 Å². The molecule has 7 nitrogen and oxygen atoms in total. The maximum Gasteiger partial charge on any atom is 0.263 e. The molecule has 1 heterocycles. The first-order chi connectivity index (χ1) is 15.3. The molecule has 2 aromatic carbocycles. The van der Waals surface area contributed by atoms with Gasteiger partial charge in [-0.15, -0.1) is 10.2 Å².